The van der Waals surface area contributed by atoms with Gasteiger partial charge in [-0.2, -0.15) is 0 Å². The van der Waals surface area contributed by atoms with E-state index in [-0.39, 0.29) is 0 Å². The molecule has 0 saturated heterocycles. The summed E-state index contributed by atoms with van der Waals surface area (Å²) in [6.45, 7) is 4.56. The Morgan fingerprint density at radius 1 is 1.09 bits per heavy atom. The summed E-state index contributed by atoms with van der Waals surface area (Å²) >= 11 is 0. The predicted octanol–water partition coefficient (Wildman–Crippen LogP) is 3.78. The topological polar surface area (TPSA) is 0 Å². The Hall–Kier alpha value is -0.260. The van der Waals surface area contributed by atoms with E-state index in [2.05, 4.69) is 26.0 Å². The predicted molar refractivity (Wildman–Crippen MR) is 50.6 cm³/mol. The van der Waals surface area contributed by atoms with Crippen LogP contribution in [0, 0.1) is 11.8 Å². The summed E-state index contributed by atoms with van der Waals surface area (Å²) in [6, 6.07) is 0. The molecule has 0 aliphatic heterocycles. The van der Waals surface area contributed by atoms with Crippen LogP contribution in [-0.4, -0.2) is 0 Å². The highest BCUT2D eigenvalue weighted by atomic mass is 14.2. The largest absolute Gasteiger partial charge is 0.0852 e. The SMILES string of the molecule is CCCC1C=CC(CC)CC1. The zero-order valence-electron chi connectivity index (χ0n) is 7.84. The van der Waals surface area contributed by atoms with Gasteiger partial charge in [0.15, 0.2) is 0 Å². The number of allylic oxidation sites excluding steroid dienone is 2. The molecular weight excluding hydrogens is 132 g/mol. The van der Waals surface area contributed by atoms with Gasteiger partial charge in [0.25, 0.3) is 0 Å². The normalized spacial score (nSPS) is 30.7. The van der Waals surface area contributed by atoms with Gasteiger partial charge in [0.05, 0.1) is 0 Å². The molecule has 0 aromatic heterocycles. The molecule has 1 aliphatic rings. The first-order valence-electron chi connectivity index (χ1n) is 5.05. The molecule has 0 nitrogen and oxygen atoms in total. The van der Waals surface area contributed by atoms with Crippen molar-refractivity contribution in [2.45, 2.75) is 46.0 Å². The fraction of sp³-hybridized carbons (Fsp3) is 0.818. The molecule has 11 heavy (non-hydrogen) atoms. The van der Waals surface area contributed by atoms with Crippen molar-refractivity contribution in [3.8, 4) is 0 Å². The Labute approximate surface area is 70.7 Å². The molecule has 0 amide bonds. The van der Waals surface area contributed by atoms with E-state index in [0.717, 1.165) is 11.8 Å². The Bertz CT molecular complexity index is 124. The minimum absolute atomic E-state index is 0.892. The standard InChI is InChI=1S/C11H20/c1-3-5-11-8-6-10(4-2)7-9-11/h6,8,10-11H,3-5,7,9H2,1-2H3. The quantitative estimate of drug-likeness (QED) is 0.540. The van der Waals surface area contributed by atoms with Crippen molar-refractivity contribution in [2.24, 2.45) is 11.8 Å². The Kier molecular flexibility index (Phi) is 3.68. The lowest BCUT2D eigenvalue weighted by atomic mass is 9.85. The van der Waals surface area contributed by atoms with Crippen LogP contribution < -0.4 is 0 Å². The van der Waals surface area contributed by atoms with Gasteiger partial charge in [-0.05, 0) is 37.5 Å². The molecule has 0 fully saturated rings. The van der Waals surface area contributed by atoms with Crippen LogP contribution in [0.15, 0.2) is 12.2 Å². The molecule has 2 atom stereocenters. The van der Waals surface area contributed by atoms with Crippen LogP contribution in [0.3, 0.4) is 0 Å². The fourth-order valence-corrected chi connectivity index (χ4v) is 1.89. The monoisotopic (exact) mass is 152 g/mol. The van der Waals surface area contributed by atoms with Crippen LogP contribution in [0.2, 0.25) is 0 Å². The van der Waals surface area contributed by atoms with Gasteiger partial charge in [-0.15, -0.1) is 0 Å². The van der Waals surface area contributed by atoms with Crippen LogP contribution in [0.1, 0.15) is 46.0 Å². The Morgan fingerprint density at radius 3 is 2.18 bits per heavy atom. The van der Waals surface area contributed by atoms with Crippen molar-refractivity contribution in [3.63, 3.8) is 0 Å². The van der Waals surface area contributed by atoms with Gasteiger partial charge >= 0.3 is 0 Å². The van der Waals surface area contributed by atoms with E-state index >= 15 is 0 Å². The van der Waals surface area contributed by atoms with Crippen LogP contribution in [0.5, 0.6) is 0 Å². The summed E-state index contributed by atoms with van der Waals surface area (Å²) in [5, 5.41) is 0. The second-order valence-electron chi connectivity index (χ2n) is 3.68. The molecule has 1 aliphatic carbocycles. The highest BCUT2D eigenvalue weighted by Gasteiger charge is 2.12. The van der Waals surface area contributed by atoms with E-state index in [1.54, 1.807) is 0 Å². The van der Waals surface area contributed by atoms with Gasteiger partial charge in [-0.25, -0.2) is 0 Å². The highest BCUT2D eigenvalue weighted by molar-refractivity contribution is 4.97. The molecule has 0 saturated carbocycles. The molecule has 0 aromatic rings. The van der Waals surface area contributed by atoms with E-state index in [1.165, 1.54) is 32.1 Å². The maximum Gasteiger partial charge on any atom is -0.0233 e. The van der Waals surface area contributed by atoms with Crippen LogP contribution in [0.25, 0.3) is 0 Å². The van der Waals surface area contributed by atoms with E-state index in [4.69, 9.17) is 0 Å². The lowest BCUT2D eigenvalue weighted by Gasteiger charge is -2.21. The molecule has 64 valence electrons. The van der Waals surface area contributed by atoms with Crippen molar-refractivity contribution in [2.75, 3.05) is 0 Å². The first-order chi connectivity index (χ1) is 5.36. The molecular formula is C11H20. The zero-order valence-corrected chi connectivity index (χ0v) is 7.84. The smallest absolute Gasteiger partial charge is 0.0233 e. The van der Waals surface area contributed by atoms with Gasteiger partial charge in [-0.3, -0.25) is 0 Å². The number of hydrogen-bond donors (Lipinski definition) is 0. The average molecular weight is 152 g/mol. The molecule has 0 N–H and O–H groups in total. The number of hydrogen-bond acceptors (Lipinski definition) is 0. The average Bonchev–Trinajstić information content (AvgIpc) is 2.07. The van der Waals surface area contributed by atoms with E-state index < -0.39 is 0 Å². The van der Waals surface area contributed by atoms with Crippen LogP contribution in [0.4, 0.5) is 0 Å². The summed E-state index contributed by atoms with van der Waals surface area (Å²) in [4.78, 5) is 0. The van der Waals surface area contributed by atoms with E-state index in [0.29, 0.717) is 0 Å². The summed E-state index contributed by atoms with van der Waals surface area (Å²) in [5.41, 5.74) is 0. The third-order valence-corrected chi connectivity index (χ3v) is 2.75. The molecule has 0 heteroatoms. The first kappa shape index (κ1) is 8.83. The van der Waals surface area contributed by atoms with E-state index in [9.17, 15) is 0 Å². The number of rotatable bonds is 3. The highest BCUT2D eigenvalue weighted by Crippen LogP contribution is 2.26. The first-order valence-corrected chi connectivity index (χ1v) is 5.05. The fourth-order valence-electron chi connectivity index (χ4n) is 1.89. The maximum absolute atomic E-state index is 2.45. The molecule has 0 bridgehead atoms. The third-order valence-electron chi connectivity index (χ3n) is 2.75. The molecule has 0 heterocycles. The molecule has 0 aromatic carbocycles. The van der Waals surface area contributed by atoms with Crippen LogP contribution >= 0.6 is 0 Å². The van der Waals surface area contributed by atoms with Crippen molar-refractivity contribution < 1.29 is 0 Å². The second-order valence-corrected chi connectivity index (χ2v) is 3.68. The molecule has 0 spiro atoms. The Morgan fingerprint density at radius 2 is 1.73 bits per heavy atom. The van der Waals surface area contributed by atoms with E-state index in [1.807, 2.05) is 0 Å². The summed E-state index contributed by atoms with van der Waals surface area (Å²) in [7, 11) is 0. The third kappa shape index (κ3) is 2.69. The van der Waals surface area contributed by atoms with Gasteiger partial charge in [-0.1, -0.05) is 32.4 Å². The van der Waals surface area contributed by atoms with Gasteiger partial charge in [0.2, 0.25) is 0 Å². The summed E-state index contributed by atoms with van der Waals surface area (Å²) in [6.07, 6.45) is 11.8. The van der Waals surface area contributed by atoms with Crippen molar-refractivity contribution in [1.29, 1.82) is 0 Å². The molecule has 0 radical (unpaired) electrons. The second kappa shape index (κ2) is 4.58. The van der Waals surface area contributed by atoms with Gasteiger partial charge in [0.1, 0.15) is 0 Å². The molecule has 1 rings (SSSR count). The van der Waals surface area contributed by atoms with Crippen molar-refractivity contribution >= 4 is 0 Å². The maximum atomic E-state index is 2.45. The van der Waals surface area contributed by atoms with Gasteiger partial charge in [0, 0.05) is 0 Å². The minimum Gasteiger partial charge on any atom is -0.0852 e. The summed E-state index contributed by atoms with van der Waals surface area (Å²) < 4.78 is 0. The Balaban J connectivity index is 2.30. The summed E-state index contributed by atoms with van der Waals surface area (Å²) in [5.74, 6) is 1.80. The van der Waals surface area contributed by atoms with Crippen molar-refractivity contribution in [3.05, 3.63) is 12.2 Å². The zero-order chi connectivity index (χ0) is 8.10. The lowest BCUT2D eigenvalue weighted by Crippen LogP contribution is -2.07. The minimum atomic E-state index is 0.892. The lowest BCUT2D eigenvalue weighted by molar-refractivity contribution is 0.427. The van der Waals surface area contributed by atoms with Crippen LogP contribution in [-0.2, 0) is 0 Å². The molecule has 2 unspecified atom stereocenters. The van der Waals surface area contributed by atoms with Crippen molar-refractivity contribution in [1.82, 2.24) is 0 Å². The van der Waals surface area contributed by atoms with Gasteiger partial charge < -0.3 is 0 Å².